The minimum absolute atomic E-state index is 0.406. The van der Waals surface area contributed by atoms with Crippen molar-refractivity contribution in [3.8, 4) is 0 Å². The number of aromatic nitrogens is 2. The van der Waals surface area contributed by atoms with Crippen molar-refractivity contribution in [1.82, 2.24) is 14.7 Å². The van der Waals surface area contributed by atoms with Gasteiger partial charge in [0.15, 0.2) is 0 Å². The number of aryl methyl sites for hydroxylation is 1. The Morgan fingerprint density at radius 1 is 1.42 bits per heavy atom. The number of fused-ring (bicyclic) bond motifs is 1. The lowest BCUT2D eigenvalue weighted by Crippen LogP contribution is -2.33. The summed E-state index contributed by atoms with van der Waals surface area (Å²) in [5, 5.41) is 3.57. The summed E-state index contributed by atoms with van der Waals surface area (Å²) in [6.07, 6.45) is 4.36. The largest absolute Gasteiger partial charge is 0.383 e. The van der Waals surface area contributed by atoms with Crippen LogP contribution in [0.3, 0.4) is 0 Å². The molecule has 2 aromatic rings. The van der Waals surface area contributed by atoms with Gasteiger partial charge in [-0.05, 0) is 25.5 Å². The van der Waals surface area contributed by atoms with Crippen molar-refractivity contribution in [2.45, 2.75) is 39.3 Å². The summed E-state index contributed by atoms with van der Waals surface area (Å²) in [6, 6.07) is 6.50. The Balaban J connectivity index is 2.10. The van der Waals surface area contributed by atoms with Crippen LogP contribution < -0.4 is 5.32 Å². The quantitative estimate of drug-likeness (QED) is 0.832. The van der Waals surface area contributed by atoms with Crippen molar-refractivity contribution in [2.24, 2.45) is 0 Å². The van der Waals surface area contributed by atoms with Crippen LogP contribution >= 0.6 is 0 Å². The Labute approximate surface area is 114 Å². The van der Waals surface area contributed by atoms with Gasteiger partial charge in [-0.3, -0.25) is 0 Å². The molecule has 1 atom stereocenters. The maximum Gasteiger partial charge on any atom is 0.137 e. The number of methoxy groups -OCH3 is 1. The summed E-state index contributed by atoms with van der Waals surface area (Å²) in [7, 11) is 1.75. The predicted octanol–water partition coefficient (Wildman–Crippen LogP) is 2.55. The highest BCUT2D eigenvalue weighted by Crippen LogP contribution is 2.12. The summed E-state index contributed by atoms with van der Waals surface area (Å²) in [5.74, 6) is 0. The topological polar surface area (TPSA) is 38.6 Å². The molecule has 0 bridgehead atoms. The molecule has 4 heteroatoms. The molecule has 0 spiro atoms. The molecule has 104 valence electrons. The Kier molecular flexibility index (Phi) is 4.93. The minimum atomic E-state index is 0.406. The van der Waals surface area contributed by atoms with Crippen LogP contribution in [0.4, 0.5) is 0 Å². The van der Waals surface area contributed by atoms with Crippen molar-refractivity contribution in [2.75, 3.05) is 13.7 Å². The first-order valence-corrected chi connectivity index (χ1v) is 6.91. The van der Waals surface area contributed by atoms with Gasteiger partial charge in [-0.15, -0.1) is 0 Å². The van der Waals surface area contributed by atoms with E-state index >= 15 is 0 Å². The van der Waals surface area contributed by atoms with E-state index < -0.39 is 0 Å². The zero-order valence-electron chi connectivity index (χ0n) is 12.0. The van der Waals surface area contributed by atoms with Gasteiger partial charge in [0.25, 0.3) is 0 Å². The van der Waals surface area contributed by atoms with Crippen molar-refractivity contribution < 1.29 is 4.74 Å². The molecule has 0 aliphatic carbocycles. The van der Waals surface area contributed by atoms with Crippen molar-refractivity contribution in [1.29, 1.82) is 0 Å². The molecule has 1 N–H and O–H groups in total. The van der Waals surface area contributed by atoms with E-state index in [4.69, 9.17) is 4.74 Å². The van der Waals surface area contributed by atoms with E-state index in [0.717, 1.165) is 37.3 Å². The van der Waals surface area contributed by atoms with Crippen LogP contribution in [-0.4, -0.2) is 29.1 Å². The Hall–Kier alpha value is -1.39. The van der Waals surface area contributed by atoms with Gasteiger partial charge in [0.2, 0.25) is 0 Å². The van der Waals surface area contributed by atoms with Crippen LogP contribution in [0.5, 0.6) is 0 Å². The average Bonchev–Trinajstić information content (AvgIpc) is 2.72. The van der Waals surface area contributed by atoms with Crippen LogP contribution in [0, 0.1) is 6.92 Å². The molecule has 1 unspecified atom stereocenters. The van der Waals surface area contributed by atoms with Crippen molar-refractivity contribution in [3.05, 3.63) is 35.8 Å². The highest BCUT2D eigenvalue weighted by Gasteiger charge is 2.11. The Morgan fingerprint density at radius 3 is 3.00 bits per heavy atom. The maximum atomic E-state index is 5.26. The molecule has 0 amide bonds. The predicted molar refractivity (Wildman–Crippen MR) is 77.3 cm³/mol. The Bertz CT molecular complexity index is 515. The zero-order chi connectivity index (χ0) is 13.7. The standard InChI is InChI=1S/C15H23N3O/c1-4-7-13(11-19-3)16-10-14-12(2)17-15-8-5-6-9-18(14)15/h5-6,8-9,13,16H,4,7,10-11H2,1-3H3. The van der Waals surface area contributed by atoms with E-state index in [2.05, 4.69) is 34.7 Å². The fourth-order valence-corrected chi connectivity index (χ4v) is 2.41. The second-order valence-corrected chi connectivity index (χ2v) is 4.89. The summed E-state index contributed by atoms with van der Waals surface area (Å²) in [5.41, 5.74) is 3.33. The molecular formula is C15H23N3O. The number of hydrogen-bond donors (Lipinski definition) is 1. The first-order valence-electron chi connectivity index (χ1n) is 6.91. The first-order chi connectivity index (χ1) is 9.26. The van der Waals surface area contributed by atoms with Crippen LogP contribution in [0.1, 0.15) is 31.2 Å². The third-order valence-corrected chi connectivity index (χ3v) is 3.39. The van der Waals surface area contributed by atoms with E-state index in [0.29, 0.717) is 6.04 Å². The number of imidazole rings is 1. The molecular weight excluding hydrogens is 238 g/mol. The van der Waals surface area contributed by atoms with Gasteiger partial charge in [0.05, 0.1) is 18.0 Å². The third kappa shape index (κ3) is 3.33. The van der Waals surface area contributed by atoms with E-state index in [1.54, 1.807) is 7.11 Å². The monoisotopic (exact) mass is 261 g/mol. The smallest absolute Gasteiger partial charge is 0.137 e. The molecule has 2 heterocycles. The number of pyridine rings is 1. The summed E-state index contributed by atoms with van der Waals surface area (Å²) in [6.45, 7) is 5.84. The van der Waals surface area contributed by atoms with Gasteiger partial charge >= 0.3 is 0 Å². The lowest BCUT2D eigenvalue weighted by atomic mass is 10.2. The number of nitrogens with zero attached hydrogens (tertiary/aromatic N) is 2. The second-order valence-electron chi connectivity index (χ2n) is 4.89. The van der Waals surface area contributed by atoms with Crippen LogP contribution in [-0.2, 0) is 11.3 Å². The molecule has 19 heavy (non-hydrogen) atoms. The number of nitrogens with one attached hydrogen (secondary N) is 1. The van der Waals surface area contributed by atoms with Crippen molar-refractivity contribution in [3.63, 3.8) is 0 Å². The van der Waals surface area contributed by atoms with E-state index in [1.165, 1.54) is 5.69 Å². The van der Waals surface area contributed by atoms with Crippen LogP contribution in [0.15, 0.2) is 24.4 Å². The summed E-state index contributed by atoms with van der Waals surface area (Å²) >= 11 is 0. The SMILES string of the molecule is CCCC(COC)NCc1c(C)nc2ccccn12. The van der Waals surface area contributed by atoms with Crippen LogP contribution in [0.25, 0.3) is 5.65 Å². The second kappa shape index (κ2) is 6.68. The van der Waals surface area contributed by atoms with Crippen LogP contribution in [0.2, 0.25) is 0 Å². The lowest BCUT2D eigenvalue weighted by Gasteiger charge is -2.17. The van der Waals surface area contributed by atoms with E-state index in [1.807, 2.05) is 18.2 Å². The molecule has 0 aliphatic heterocycles. The van der Waals surface area contributed by atoms with Gasteiger partial charge in [0.1, 0.15) is 5.65 Å². The van der Waals surface area contributed by atoms with Gasteiger partial charge in [-0.25, -0.2) is 4.98 Å². The number of ether oxygens (including phenoxy) is 1. The van der Waals surface area contributed by atoms with Gasteiger partial charge in [0, 0.05) is 25.9 Å². The average molecular weight is 261 g/mol. The number of hydrogen-bond acceptors (Lipinski definition) is 3. The molecule has 0 saturated carbocycles. The fourth-order valence-electron chi connectivity index (χ4n) is 2.41. The molecule has 4 nitrogen and oxygen atoms in total. The molecule has 0 aromatic carbocycles. The molecule has 0 aliphatic rings. The molecule has 2 rings (SSSR count). The maximum absolute atomic E-state index is 5.26. The van der Waals surface area contributed by atoms with Gasteiger partial charge in [-0.1, -0.05) is 19.4 Å². The molecule has 0 radical (unpaired) electrons. The normalized spacial score (nSPS) is 13.0. The van der Waals surface area contributed by atoms with E-state index in [-0.39, 0.29) is 0 Å². The zero-order valence-corrected chi connectivity index (χ0v) is 12.0. The third-order valence-electron chi connectivity index (χ3n) is 3.39. The summed E-state index contributed by atoms with van der Waals surface area (Å²) < 4.78 is 7.41. The number of rotatable bonds is 7. The molecule has 0 fully saturated rings. The van der Waals surface area contributed by atoms with Crippen molar-refractivity contribution >= 4 is 5.65 Å². The van der Waals surface area contributed by atoms with Gasteiger partial charge < -0.3 is 14.5 Å². The Morgan fingerprint density at radius 2 is 2.26 bits per heavy atom. The molecule has 0 saturated heterocycles. The highest BCUT2D eigenvalue weighted by atomic mass is 16.5. The summed E-state index contributed by atoms with van der Waals surface area (Å²) in [4.78, 5) is 4.57. The van der Waals surface area contributed by atoms with Gasteiger partial charge in [-0.2, -0.15) is 0 Å². The fraction of sp³-hybridized carbons (Fsp3) is 0.533. The minimum Gasteiger partial charge on any atom is -0.383 e. The molecule has 2 aromatic heterocycles. The highest BCUT2D eigenvalue weighted by molar-refractivity contribution is 5.42. The van der Waals surface area contributed by atoms with E-state index in [9.17, 15) is 0 Å². The first kappa shape index (κ1) is 14.0. The lowest BCUT2D eigenvalue weighted by molar-refractivity contribution is 0.161.